The zero-order chi connectivity index (χ0) is 27.7. The zero-order valence-electron chi connectivity index (χ0n) is 22.0. The third-order valence-corrected chi connectivity index (χ3v) is 8.15. The molecule has 0 bridgehead atoms. The van der Waals surface area contributed by atoms with Gasteiger partial charge in [0.05, 0.1) is 11.0 Å². The van der Waals surface area contributed by atoms with Gasteiger partial charge in [-0.1, -0.05) is 97.1 Å². The predicted molar refractivity (Wildman–Crippen MR) is 165 cm³/mol. The summed E-state index contributed by atoms with van der Waals surface area (Å²) >= 11 is 0. The van der Waals surface area contributed by atoms with Gasteiger partial charge in [-0.05, 0) is 39.4 Å². The number of imidazole rings is 1. The Hall–Kier alpha value is -5.55. The number of benzene rings is 6. The molecule has 0 spiro atoms. The number of H-pyrrole nitrogens is 1. The normalized spacial score (nSPS) is 13.1. The van der Waals surface area contributed by atoms with E-state index in [2.05, 4.69) is 84.4 Å². The van der Waals surface area contributed by atoms with Crippen LogP contribution in [0.4, 0.5) is 0 Å². The van der Waals surface area contributed by atoms with Gasteiger partial charge in [0.2, 0.25) is 0 Å². The van der Waals surface area contributed by atoms with Crippen molar-refractivity contribution in [2.45, 2.75) is 0 Å². The van der Waals surface area contributed by atoms with Crippen LogP contribution in [-0.2, 0) is 0 Å². The fourth-order valence-electron chi connectivity index (χ4n) is 6.26. The molecule has 0 saturated heterocycles. The first-order valence-corrected chi connectivity index (χ1v) is 13.6. The van der Waals surface area contributed by atoms with Crippen LogP contribution in [0.1, 0.15) is 20.7 Å². The highest BCUT2D eigenvalue weighted by atomic mass is 16.2. The molecule has 0 saturated carbocycles. The fraction of sp³-hybridized carbons (Fsp3) is 0.0278. The summed E-state index contributed by atoms with van der Waals surface area (Å²) in [5.74, 6) is 0.235. The summed E-state index contributed by atoms with van der Waals surface area (Å²) in [5.41, 5.74) is 6.02. The Kier molecular flexibility index (Phi) is 4.97. The van der Waals surface area contributed by atoms with Crippen LogP contribution in [0.5, 0.6) is 0 Å². The van der Waals surface area contributed by atoms with Crippen molar-refractivity contribution in [3.05, 3.63) is 127 Å². The van der Waals surface area contributed by atoms with E-state index in [0.717, 1.165) is 49.7 Å². The number of aromatic amines is 1. The summed E-state index contributed by atoms with van der Waals surface area (Å²) in [6.07, 6.45) is 1.57. The van der Waals surface area contributed by atoms with Gasteiger partial charge in [0.1, 0.15) is 5.82 Å². The summed E-state index contributed by atoms with van der Waals surface area (Å²) in [7, 11) is 0. The molecule has 1 aliphatic heterocycles. The number of amides is 2. The third kappa shape index (κ3) is 3.33. The lowest BCUT2D eigenvalue weighted by Crippen LogP contribution is -2.40. The highest BCUT2D eigenvalue weighted by Crippen LogP contribution is 2.38. The summed E-state index contributed by atoms with van der Waals surface area (Å²) in [4.78, 5) is 36.2. The van der Waals surface area contributed by atoms with Gasteiger partial charge in [-0.3, -0.25) is 14.5 Å². The van der Waals surface area contributed by atoms with Crippen LogP contribution < -0.4 is 0 Å². The van der Waals surface area contributed by atoms with Gasteiger partial charge in [-0.15, -0.1) is 6.58 Å². The van der Waals surface area contributed by atoms with Crippen molar-refractivity contribution in [1.82, 2.24) is 14.9 Å². The standard InChI is InChI=1S/C36H23N3O2/c1-2-20-39-35(40)29-13-7-12-26-23(18-19-30(31(26)29)36(39)41)21-14-16-22(17-15-21)34-37-32-27-10-5-3-8-24(27)25-9-4-6-11-28(25)33(32)38-34/h2-19H,1,20H2,(H,37,38). The third-order valence-electron chi connectivity index (χ3n) is 8.15. The van der Waals surface area contributed by atoms with Crippen molar-refractivity contribution in [1.29, 1.82) is 0 Å². The predicted octanol–water partition coefficient (Wildman–Crippen LogP) is 8.14. The van der Waals surface area contributed by atoms with Gasteiger partial charge < -0.3 is 4.98 Å². The van der Waals surface area contributed by atoms with Crippen molar-refractivity contribution >= 4 is 55.2 Å². The van der Waals surface area contributed by atoms with Gasteiger partial charge in [-0.2, -0.15) is 0 Å². The number of carbonyl (C=O) groups is 2. The molecule has 1 aliphatic rings. The number of hydrogen-bond acceptors (Lipinski definition) is 3. The molecule has 41 heavy (non-hydrogen) atoms. The molecule has 6 aromatic carbocycles. The molecule has 0 atom stereocenters. The van der Waals surface area contributed by atoms with Crippen LogP contribution in [0.2, 0.25) is 0 Å². The average Bonchev–Trinajstić information content (AvgIpc) is 3.48. The molecule has 7 aromatic rings. The molecule has 1 N–H and O–H groups in total. The Morgan fingerprint density at radius 1 is 0.634 bits per heavy atom. The van der Waals surface area contributed by atoms with Crippen LogP contribution >= 0.6 is 0 Å². The molecular formula is C36H23N3O2. The highest BCUT2D eigenvalue weighted by Gasteiger charge is 2.32. The van der Waals surface area contributed by atoms with Crippen LogP contribution in [0.15, 0.2) is 116 Å². The smallest absolute Gasteiger partial charge is 0.261 e. The molecule has 0 fully saturated rings. The first-order chi connectivity index (χ1) is 20.1. The molecular weight excluding hydrogens is 506 g/mol. The summed E-state index contributed by atoms with van der Waals surface area (Å²) in [5, 5.41) is 6.26. The van der Waals surface area contributed by atoms with E-state index >= 15 is 0 Å². The molecule has 8 rings (SSSR count). The number of nitrogens with zero attached hydrogens (tertiary/aromatic N) is 2. The molecule has 0 aliphatic carbocycles. The number of nitrogens with one attached hydrogen (secondary N) is 1. The number of carbonyl (C=O) groups excluding carboxylic acids is 2. The molecule has 5 nitrogen and oxygen atoms in total. The van der Waals surface area contributed by atoms with E-state index < -0.39 is 0 Å². The van der Waals surface area contributed by atoms with Crippen molar-refractivity contribution in [2.24, 2.45) is 0 Å². The second-order valence-corrected chi connectivity index (χ2v) is 10.4. The Labute approximate surface area is 235 Å². The summed E-state index contributed by atoms with van der Waals surface area (Å²) in [6, 6.07) is 34.5. The highest BCUT2D eigenvalue weighted by molar-refractivity contribution is 6.27. The minimum atomic E-state index is -0.287. The lowest BCUT2D eigenvalue weighted by Gasteiger charge is -2.27. The zero-order valence-corrected chi connectivity index (χ0v) is 22.0. The van der Waals surface area contributed by atoms with E-state index in [1.807, 2.05) is 24.3 Å². The number of fused-ring (bicyclic) bond motifs is 6. The Balaban J connectivity index is 1.25. The Morgan fingerprint density at radius 3 is 1.95 bits per heavy atom. The van der Waals surface area contributed by atoms with E-state index in [-0.39, 0.29) is 18.4 Å². The molecule has 1 aromatic heterocycles. The molecule has 0 unspecified atom stereocenters. The first kappa shape index (κ1) is 23.3. The second-order valence-electron chi connectivity index (χ2n) is 10.4. The molecule has 5 heteroatoms. The van der Waals surface area contributed by atoms with E-state index in [1.165, 1.54) is 15.7 Å². The largest absolute Gasteiger partial charge is 0.337 e. The maximum absolute atomic E-state index is 13.1. The summed E-state index contributed by atoms with van der Waals surface area (Å²) < 4.78 is 0. The lowest BCUT2D eigenvalue weighted by atomic mass is 9.89. The number of aromatic nitrogens is 2. The molecule has 0 radical (unpaired) electrons. The summed E-state index contributed by atoms with van der Waals surface area (Å²) in [6.45, 7) is 3.88. The van der Waals surface area contributed by atoms with Crippen molar-refractivity contribution in [2.75, 3.05) is 6.54 Å². The number of hydrogen-bond donors (Lipinski definition) is 1. The van der Waals surface area contributed by atoms with Crippen LogP contribution in [0, 0.1) is 0 Å². The topological polar surface area (TPSA) is 66.1 Å². The SMILES string of the molecule is C=CCN1C(=O)c2cccc3c(-c4ccc(-c5nc6c7ccccc7c7ccccc7c6[nH]5)cc4)ccc(c23)C1=O. The van der Waals surface area contributed by atoms with E-state index in [9.17, 15) is 9.59 Å². The van der Waals surface area contributed by atoms with Gasteiger partial charge in [0.15, 0.2) is 0 Å². The lowest BCUT2D eigenvalue weighted by molar-refractivity contribution is 0.0629. The Bertz CT molecular complexity index is 2150. The van der Waals surface area contributed by atoms with Crippen molar-refractivity contribution < 1.29 is 9.59 Å². The quantitative estimate of drug-likeness (QED) is 0.142. The molecule has 2 heterocycles. The molecule has 2 amide bonds. The average molecular weight is 530 g/mol. The van der Waals surface area contributed by atoms with E-state index in [1.54, 1.807) is 12.1 Å². The minimum Gasteiger partial charge on any atom is -0.337 e. The molecule has 194 valence electrons. The van der Waals surface area contributed by atoms with Crippen molar-refractivity contribution in [3.63, 3.8) is 0 Å². The minimum absolute atomic E-state index is 0.185. The second kappa shape index (κ2) is 8.73. The first-order valence-electron chi connectivity index (χ1n) is 13.6. The van der Waals surface area contributed by atoms with Crippen LogP contribution in [-0.4, -0.2) is 33.2 Å². The Morgan fingerprint density at radius 2 is 1.22 bits per heavy atom. The van der Waals surface area contributed by atoms with Crippen molar-refractivity contribution in [3.8, 4) is 22.5 Å². The van der Waals surface area contributed by atoms with Gasteiger partial charge in [0.25, 0.3) is 11.8 Å². The fourth-order valence-corrected chi connectivity index (χ4v) is 6.26. The van der Waals surface area contributed by atoms with Gasteiger partial charge in [-0.25, -0.2) is 4.98 Å². The monoisotopic (exact) mass is 529 g/mol. The number of rotatable bonds is 4. The van der Waals surface area contributed by atoms with E-state index in [4.69, 9.17) is 4.98 Å². The van der Waals surface area contributed by atoms with Crippen LogP contribution in [0.25, 0.3) is 65.9 Å². The van der Waals surface area contributed by atoms with E-state index in [0.29, 0.717) is 16.5 Å². The van der Waals surface area contributed by atoms with Gasteiger partial charge >= 0.3 is 0 Å². The van der Waals surface area contributed by atoms with Crippen LogP contribution in [0.3, 0.4) is 0 Å². The number of imide groups is 1. The van der Waals surface area contributed by atoms with Gasteiger partial charge in [0, 0.05) is 39.4 Å². The maximum atomic E-state index is 13.1. The maximum Gasteiger partial charge on any atom is 0.261 e.